The van der Waals surface area contributed by atoms with Crippen molar-refractivity contribution in [3.8, 4) is 0 Å². The summed E-state index contributed by atoms with van der Waals surface area (Å²) in [5, 5.41) is 9.34. The molecule has 0 fully saturated rings. The van der Waals surface area contributed by atoms with Crippen LogP contribution in [0.5, 0.6) is 0 Å². The molecule has 0 saturated carbocycles. The highest BCUT2D eigenvalue weighted by Gasteiger charge is 2.21. The standard InChI is InChI=1S/C23H48O4S/c1-3-5-7-16-20-23(28(25,26)27)21-17-13-11-9-8-10-12-15-19-22(24)18-14-6-4-2/h22-24H,3-21H2,1-2H3,(H,25,26,27). The quantitative estimate of drug-likeness (QED) is 0.154. The van der Waals surface area contributed by atoms with Gasteiger partial charge in [0.15, 0.2) is 0 Å². The minimum atomic E-state index is -3.89. The van der Waals surface area contributed by atoms with Gasteiger partial charge < -0.3 is 5.11 Å². The molecule has 0 aromatic carbocycles. The highest BCUT2D eigenvalue weighted by atomic mass is 32.2. The molecule has 0 aliphatic carbocycles. The number of rotatable bonds is 21. The smallest absolute Gasteiger partial charge is 0.267 e. The van der Waals surface area contributed by atoms with Crippen LogP contribution < -0.4 is 0 Å². The van der Waals surface area contributed by atoms with Crippen LogP contribution in [0.3, 0.4) is 0 Å². The summed E-state index contributed by atoms with van der Waals surface area (Å²) in [6, 6.07) is 0. The molecule has 0 amide bonds. The molecule has 0 saturated heterocycles. The molecule has 28 heavy (non-hydrogen) atoms. The molecule has 0 aliphatic rings. The van der Waals surface area contributed by atoms with Gasteiger partial charge in [-0.05, 0) is 25.7 Å². The first-order chi connectivity index (χ1) is 13.4. The normalized spacial score (nSPS) is 14.3. The lowest BCUT2D eigenvalue weighted by Crippen LogP contribution is -2.20. The van der Waals surface area contributed by atoms with E-state index in [9.17, 15) is 18.1 Å². The largest absolute Gasteiger partial charge is 0.393 e. The summed E-state index contributed by atoms with van der Waals surface area (Å²) in [5.74, 6) is 0. The average Bonchev–Trinajstić information content (AvgIpc) is 2.64. The molecule has 0 spiro atoms. The Kier molecular flexibility index (Phi) is 18.8. The fourth-order valence-electron chi connectivity index (χ4n) is 3.83. The molecule has 5 heteroatoms. The zero-order valence-corrected chi connectivity index (χ0v) is 19.5. The predicted molar refractivity (Wildman–Crippen MR) is 120 cm³/mol. The zero-order valence-electron chi connectivity index (χ0n) is 18.7. The van der Waals surface area contributed by atoms with Crippen LogP contribution in [0.15, 0.2) is 0 Å². The highest BCUT2D eigenvalue weighted by Crippen LogP contribution is 2.19. The van der Waals surface area contributed by atoms with Gasteiger partial charge in [0.1, 0.15) is 0 Å². The summed E-state index contributed by atoms with van der Waals surface area (Å²) >= 11 is 0. The molecule has 0 rings (SSSR count). The average molecular weight is 421 g/mol. The molecule has 0 heterocycles. The maximum Gasteiger partial charge on any atom is 0.267 e. The van der Waals surface area contributed by atoms with E-state index >= 15 is 0 Å². The molecule has 2 atom stereocenters. The third-order valence-corrected chi connectivity index (χ3v) is 7.07. The van der Waals surface area contributed by atoms with E-state index in [4.69, 9.17) is 0 Å². The monoisotopic (exact) mass is 420 g/mol. The van der Waals surface area contributed by atoms with Crippen molar-refractivity contribution in [2.45, 2.75) is 147 Å². The highest BCUT2D eigenvalue weighted by molar-refractivity contribution is 7.86. The molecule has 0 radical (unpaired) electrons. The Morgan fingerprint density at radius 2 is 0.893 bits per heavy atom. The molecular formula is C23H48O4S. The Morgan fingerprint density at radius 1 is 0.571 bits per heavy atom. The lowest BCUT2D eigenvalue weighted by Gasteiger charge is -2.13. The van der Waals surface area contributed by atoms with E-state index in [1.807, 2.05) is 0 Å². The lowest BCUT2D eigenvalue weighted by atomic mass is 10.0. The van der Waals surface area contributed by atoms with Gasteiger partial charge in [0.05, 0.1) is 11.4 Å². The summed E-state index contributed by atoms with van der Waals surface area (Å²) < 4.78 is 32.5. The van der Waals surface area contributed by atoms with Gasteiger partial charge in [-0.1, -0.05) is 110 Å². The maximum absolute atomic E-state index is 11.5. The fraction of sp³-hybridized carbons (Fsp3) is 1.00. The Hall–Kier alpha value is -0.130. The summed E-state index contributed by atoms with van der Waals surface area (Å²) in [7, 11) is -3.89. The molecule has 0 aromatic rings. The third kappa shape index (κ3) is 17.9. The number of unbranched alkanes of at least 4 members (excludes halogenated alkanes) is 12. The van der Waals surface area contributed by atoms with E-state index in [-0.39, 0.29) is 6.10 Å². The minimum Gasteiger partial charge on any atom is -0.393 e. The van der Waals surface area contributed by atoms with Crippen molar-refractivity contribution in [1.82, 2.24) is 0 Å². The van der Waals surface area contributed by atoms with E-state index in [1.165, 1.54) is 38.5 Å². The molecule has 2 N–H and O–H groups in total. The van der Waals surface area contributed by atoms with Crippen LogP contribution in [-0.2, 0) is 10.1 Å². The second-order valence-electron chi connectivity index (χ2n) is 8.54. The molecule has 170 valence electrons. The van der Waals surface area contributed by atoms with Crippen molar-refractivity contribution in [2.24, 2.45) is 0 Å². The number of aliphatic hydroxyl groups is 1. The molecule has 0 aromatic heterocycles. The Bertz CT molecular complexity index is 422. The second-order valence-corrected chi connectivity index (χ2v) is 10.2. The maximum atomic E-state index is 11.5. The topological polar surface area (TPSA) is 74.6 Å². The van der Waals surface area contributed by atoms with Crippen LogP contribution in [0.1, 0.15) is 136 Å². The van der Waals surface area contributed by atoms with Crippen LogP contribution in [0.2, 0.25) is 0 Å². The van der Waals surface area contributed by atoms with Crippen molar-refractivity contribution < 1.29 is 18.1 Å². The van der Waals surface area contributed by atoms with E-state index in [1.54, 1.807) is 0 Å². The first-order valence-corrected chi connectivity index (χ1v) is 13.6. The number of hydrogen-bond acceptors (Lipinski definition) is 3. The van der Waals surface area contributed by atoms with Gasteiger partial charge in [-0.15, -0.1) is 0 Å². The Labute approximate surface area is 175 Å². The van der Waals surface area contributed by atoms with Crippen LogP contribution in [0, 0.1) is 0 Å². The van der Waals surface area contributed by atoms with Gasteiger partial charge in [0.2, 0.25) is 0 Å². The van der Waals surface area contributed by atoms with Gasteiger partial charge in [0.25, 0.3) is 10.1 Å². The summed E-state index contributed by atoms with van der Waals surface area (Å²) in [6.45, 7) is 4.33. The van der Waals surface area contributed by atoms with Crippen molar-refractivity contribution in [2.75, 3.05) is 0 Å². The van der Waals surface area contributed by atoms with Gasteiger partial charge in [-0.2, -0.15) is 8.42 Å². The predicted octanol–water partition coefficient (Wildman–Crippen LogP) is 7.06. The summed E-state index contributed by atoms with van der Waals surface area (Å²) in [6.07, 6.45) is 19.9. The van der Waals surface area contributed by atoms with Gasteiger partial charge in [-0.3, -0.25) is 4.55 Å². The van der Waals surface area contributed by atoms with Gasteiger partial charge in [-0.25, -0.2) is 0 Å². The third-order valence-electron chi connectivity index (χ3n) is 5.76. The number of aliphatic hydroxyl groups excluding tert-OH is 1. The number of hydrogen-bond donors (Lipinski definition) is 2. The zero-order chi connectivity index (χ0) is 21.1. The molecule has 4 nitrogen and oxygen atoms in total. The molecule has 0 bridgehead atoms. The van der Waals surface area contributed by atoms with Crippen molar-refractivity contribution in [3.63, 3.8) is 0 Å². The molecular weight excluding hydrogens is 372 g/mol. The van der Waals surface area contributed by atoms with Crippen LogP contribution in [0.25, 0.3) is 0 Å². The van der Waals surface area contributed by atoms with E-state index in [2.05, 4.69) is 13.8 Å². The SMILES string of the molecule is CCCCCCC(CCCCCCCCCCC(O)CCCCC)S(=O)(=O)O. The van der Waals surface area contributed by atoms with E-state index in [0.29, 0.717) is 12.8 Å². The van der Waals surface area contributed by atoms with Gasteiger partial charge in [0, 0.05) is 0 Å². The molecule has 2 unspecified atom stereocenters. The van der Waals surface area contributed by atoms with Crippen LogP contribution in [-0.4, -0.2) is 29.4 Å². The fourth-order valence-corrected chi connectivity index (χ4v) is 4.76. The lowest BCUT2D eigenvalue weighted by molar-refractivity contribution is 0.147. The molecule has 0 aliphatic heterocycles. The Morgan fingerprint density at radius 3 is 1.32 bits per heavy atom. The minimum absolute atomic E-state index is 0.107. The Balaban J connectivity index is 3.57. The van der Waals surface area contributed by atoms with Crippen LogP contribution in [0.4, 0.5) is 0 Å². The van der Waals surface area contributed by atoms with Crippen molar-refractivity contribution in [3.05, 3.63) is 0 Å². The van der Waals surface area contributed by atoms with Crippen LogP contribution >= 0.6 is 0 Å². The first-order valence-electron chi connectivity index (χ1n) is 12.1. The summed E-state index contributed by atoms with van der Waals surface area (Å²) in [4.78, 5) is 0. The van der Waals surface area contributed by atoms with E-state index in [0.717, 1.165) is 70.6 Å². The van der Waals surface area contributed by atoms with Crippen molar-refractivity contribution >= 4 is 10.1 Å². The van der Waals surface area contributed by atoms with Crippen molar-refractivity contribution in [1.29, 1.82) is 0 Å². The van der Waals surface area contributed by atoms with E-state index < -0.39 is 15.4 Å². The second kappa shape index (κ2) is 18.9. The summed E-state index contributed by atoms with van der Waals surface area (Å²) in [5.41, 5.74) is 0. The first kappa shape index (κ1) is 27.9. The van der Waals surface area contributed by atoms with Gasteiger partial charge >= 0.3 is 0 Å².